The van der Waals surface area contributed by atoms with Crippen LogP contribution in [0.2, 0.25) is 0 Å². The molecule has 0 aliphatic carbocycles. The van der Waals surface area contributed by atoms with Crippen LogP contribution >= 0.6 is 15.9 Å². The largest absolute Gasteiger partial charge is 0.481 e. The molecule has 1 aromatic rings. The van der Waals surface area contributed by atoms with Gasteiger partial charge in [-0.3, -0.25) is 9.59 Å². The molecule has 1 amide bonds. The molecule has 4 nitrogen and oxygen atoms in total. The number of carbonyl (C=O) groups is 2. The Labute approximate surface area is 134 Å². The lowest BCUT2D eigenvalue weighted by Gasteiger charge is -2.23. The number of amides is 1. The summed E-state index contributed by atoms with van der Waals surface area (Å²) in [5.74, 6) is -1.73. The maximum atomic E-state index is 12.2. The number of hydrogen-bond donors (Lipinski definition) is 2. The molecule has 0 heterocycles. The Morgan fingerprint density at radius 2 is 1.95 bits per heavy atom. The zero-order chi connectivity index (χ0) is 16.2. The maximum absolute atomic E-state index is 12.2. The quantitative estimate of drug-likeness (QED) is 0.847. The first kappa shape index (κ1) is 17.7. The van der Waals surface area contributed by atoms with E-state index in [1.54, 1.807) is 12.1 Å². The summed E-state index contributed by atoms with van der Waals surface area (Å²) in [6, 6.07) is 5.42. The van der Waals surface area contributed by atoms with Crippen molar-refractivity contribution in [3.8, 4) is 0 Å². The van der Waals surface area contributed by atoms with Gasteiger partial charge in [0.1, 0.15) is 0 Å². The van der Waals surface area contributed by atoms with Gasteiger partial charge in [0.15, 0.2) is 0 Å². The molecule has 116 valence electrons. The van der Waals surface area contributed by atoms with Crippen molar-refractivity contribution in [1.82, 2.24) is 5.32 Å². The SMILES string of the molecule is Cc1cccc(C(=O)NCC(CC(C)(C)C)C(=O)O)c1Br. The second kappa shape index (κ2) is 7.07. The fraction of sp³-hybridized carbons (Fsp3) is 0.500. The van der Waals surface area contributed by atoms with Gasteiger partial charge >= 0.3 is 5.97 Å². The van der Waals surface area contributed by atoms with Crippen molar-refractivity contribution < 1.29 is 14.7 Å². The highest BCUT2D eigenvalue weighted by Gasteiger charge is 2.25. The van der Waals surface area contributed by atoms with Gasteiger partial charge < -0.3 is 10.4 Å². The van der Waals surface area contributed by atoms with Crippen molar-refractivity contribution in [3.63, 3.8) is 0 Å². The highest BCUT2D eigenvalue weighted by Crippen LogP contribution is 2.25. The number of carbonyl (C=O) groups excluding carboxylic acids is 1. The van der Waals surface area contributed by atoms with E-state index in [1.807, 2.05) is 33.8 Å². The third-order valence-corrected chi connectivity index (χ3v) is 4.21. The Morgan fingerprint density at radius 1 is 1.33 bits per heavy atom. The minimum Gasteiger partial charge on any atom is -0.481 e. The topological polar surface area (TPSA) is 66.4 Å². The number of rotatable bonds is 5. The lowest BCUT2D eigenvalue weighted by Crippen LogP contribution is -2.35. The number of hydrogen-bond acceptors (Lipinski definition) is 2. The molecule has 0 aliphatic rings. The molecule has 2 N–H and O–H groups in total. The molecule has 5 heteroatoms. The molecule has 0 radical (unpaired) electrons. The molecule has 1 aromatic carbocycles. The van der Waals surface area contributed by atoms with E-state index in [9.17, 15) is 14.7 Å². The van der Waals surface area contributed by atoms with Crippen LogP contribution in [0.5, 0.6) is 0 Å². The second-order valence-electron chi connectivity index (χ2n) is 6.45. The van der Waals surface area contributed by atoms with Gasteiger partial charge in [-0.25, -0.2) is 0 Å². The molecule has 0 bridgehead atoms. The molecule has 0 fully saturated rings. The number of aliphatic carboxylic acids is 1. The van der Waals surface area contributed by atoms with Gasteiger partial charge in [-0.15, -0.1) is 0 Å². The Kier molecular flexibility index (Phi) is 5.96. The van der Waals surface area contributed by atoms with E-state index in [2.05, 4.69) is 21.2 Å². The Hall–Kier alpha value is -1.36. The van der Waals surface area contributed by atoms with Gasteiger partial charge in [0.2, 0.25) is 0 Å². The Balaban J connectivity index is 2.74. The van der Waals surface area contributed by atoms with Gasteiger partial charge in [0, 0.05) is 11.0 Å². The summed E-state index contributed by atoms with van der Waals surface area (Å²) in [7, 11) is 0. The van der Waals surface area contributed by atoms with E-state index in [1.165, 1.54) is 0 Å². The van der Waals surface area contributed by atoms with Crippen molar-refractivity contribution in [3.05, 3.63) is 33.8 Å². The number of nitrogens with one attached hydrogen (secondary N) is 1. The molecule has 1 rings (SSSR count). The van der Waals surface area contributed by atoms with Crippen molar-refractivity contribution >= 4 is 27.8 Å². The standard InChI is InChI=1S/C16H22BrNO3/c1-10-6-5-7-12(13(10)17)14(19)18-9-11(15(20)21)8-16(2,3)4/h5-7,11H,8-9H2,1-4H3,(H,18,19)(H,20,21). The number of benzene rings is 1. The monoisotopic (exact) mass is 355 g/mol. The molecule has 0 saturated heterocycles. The van der Waals surface area contributed by atoms with Gasteiger partial charge in [-0.05, 0) is 46.3 Å². The fourth-order valence-corrected chi connectivity index (χ4v) is 2.56. The summed E-state index contributed by atoms with van der Waals surface area (Å²) in [6.07, 6.45) is 0.512. The fourth-order valence-electron chi connectivity index (χ4n) is 2.12. The average Bonchev–Trinajstić information content (AvgIpc) is 2.35. The molecule has 0 spiro atoms. The average molecular weight is 356 g/mol. The van der Waals surface area contributed by atoms with E-state index in [0.717, 1.165) is 10.0 Å². The third-order valence-electron chi connectivity index (χ3n) is 3.15. The molecular formula is C16H22BrNO3. The first-order valence-corrected chi connectivity index (χ1v) is 7.67. The van der Waals surface area contributed by atoms with Gasteiger partial charge in [-0.1, -0.05) is 32.9 Å². The molecular weight excluding hydrogens is 334 g/mol. The van der Waals surface area contributed by atoms with Crippen molar-refractivity contribution in [2.24, 2.45) is 11.3 Å². The van der Waals surface area contributed by atoms with Crippen LogP contribution in [-0.2, 0) is 4.79 Å². The van der Waals surface area contributed by atoms with Crippen LogP contribution in [0.3, 0.4) is 0 Å². The van der Waals surface area contributed by atoms with E-state index < -0.39 is 11.9 Å². The summed E-state index contributed by atoms with van der Waals surface area (Å²) in [5, 5.41) is 12.0. The van der Waals surface area contributed by atoms with Crippen LogP contribution in [0.15, 0.2) is 22.7 Å². The normalized spacial score (nSPS) is 12.8. The third kappa shape index (κ3) is 5.50. The zero-order valence-electron chi connectivity index (χ0n) is 12.9. The predicted molar refractivity (Wildman–Crippen MR) is 86.4 cm³/mol. The summed E-state index contributed by atoms with van der Waals surface area (Å²) >= 11 is 3.39. The minimum atomic E-state index is -0.881. The number of aryl methyl sites for hydroxylation is 1. The predicted octanol–water partition coefficient (Wildman–Crippen LogP) is 3.62. The van der Waals surface area contributed by atoms with Crippen LogP contribution < -0.4 is 5.32 Å². The highest BCUT2D eigenvalue weighted by molar-refractivity contribution is 9.10. The maximum Gasteiger partial charge on any atom is 0.308 e. The number of carboxylic acids is 1. The van der Waals surface area contributed by atoms with Crippen molar-refractivity contribution in [2.75, 3.05) is 6.54 Å². The van der Waals surface area contributed by atoms with Crippen molar-refractivity contribution in [2.45, 2.75) is 34.1 Å². The first-order valence-electron chi connectivity index (χ1n) is 6.88. The van der Waals surface area contributed by atoms with Crippen LogP contribution in [0.25, 0.3) is 0 Å². The molecule has 1 atom stereocenters. The van der Waals surface area contributed by atoms with Crippen LogP contribution in [0.1, 0.15) is 43.1 Å². The van der Waals surface area contributed by atoms with Gasteiger partial charge in [0.05, 0.1) is 11.5 Å². The Morgan fingerprint density at radius 3 is 2.48 bits per heavy atom. The van der Waals surface area contributed by atoms with Crippen molar-refractivity contribution in [1.29, 1.82) is 0 Å². The molecule has 0 aromatic heterocycles. The van der Waals surface area contributed by atoms with E-state index >= 15 is 0 Å². The van der Waals surface area contributed by atoms with Gasteiger partial charge in [-0.2, -0.15) is 0 Å². The summed E-state index contributed by atoms with van der Waals surface area (Å²) in [5.41, 5.74) is 1.39. The lowest BCUT2D eigenvalue weighted by atomic mass is 9.84. The number of carboxylic acid groups (broad SMARTS) is 1. The Bertz CT molecular complexity index is 535. The highest BCUT2D eigenvalue weighted by atomic mass is 79.9. The van der Waals surface area contributed by atoms with Gasteiger partial charge in [0.25, 0.3) is 5.91 Å². The summed E-state index contributed by atoms with van der Waals surface area (Å²) in [4.78, 5) is 23.5. The van der Waals surface area contributed by atoms with Crippen LogP contribution in [0.4, 0.5) is 0 Å². The smallest absolute Gasteiger partial charge is 0.308 e. The molecule has 1 unspecified atom stereocenters. The lowest BCUT2D eigenvalue weighted by molar-refractivity contribution is -0.142. The second-order valence-corrected chi connectivity index (χ2v) is 7.24. The van der Waals surface area contributed by atoms with E-state index in [0.29, 0.717) is 12.0 Å². The van der Waals surface area contributed by atoms with Crippen LogP contribution in [-0.4, -0.2) is 23.5 Å². The summed E-state index contributed by atoms with van der Waals surface area (Å²) in [6.45, 7) is 8.00. The molecule has 21 heavy (non-hydrogen) atoms. The van der Waals surface area contributed by atoms with Crippen LogP contribution in [0, 0.1) is 18.3 Å². The van der Waals surface area contributed by atoms with E-state index in [-0.39, 0.29) is 17.9 Å². The summed E-state index contributed by atoms with van der Waals surface area (Å²) < 4.78 is 0.741. The first-order chi connectivity index (χ1) is 9.61. The molecule has 0 aliphatic heterocycles. The van der Waals surface area contributed by atoms with E-state index in [4.69, 9.17) is 0 Å². The minimum absolute atomic E-state index is 0.0995. The molecule has 0 saturated carbocycles. The zero-order valence-corrected chi connectivity index (χ0v) is 14.5. The number of halogens is 1.